The van der Waals surface area contributed by atoms with Crippen LogP contribution in [0.4, 0.5) is 5.82 Å². The first-order chi connectivity index (χ1) is 14.5. The van der Waals surface area contributed by atoms with Gasteiger partial charge in [0.25, 0.3) is 0 Å². The van der Waals surface area contributed by atoms with Crippen molar-refractivity contribution in [2.45, 2.75) is 35.9 Å². The number of hydrogen-bond donors (Lipinski definition) is 2. The molecule has 1 fully saturated rings. The zero-order valence-corrected chi connectivity index (χ0v) is 17.9. The van der Waals surface area contributed by atoms with E-state index >= 15 is 0 Å². The first-order valence-corrected chi connectivity index (χ1v) is 11.0. The van der Waals surface area contributed by atoms with E-state index in [1.807, 2.05) is 13.0 Å². The van der Waals surface area contributed by atoms with Crippen LogP contribution < -0.4 is 15.4 Å². The summed E-state index contributed by atoms with van der Waals surface area (Å²) in [5, 5.41) is 14.2. The summed E-state index contributed by atoms with van der Waals surface area (Å²) >= 11 is 8.01. The van der Waals surface area contributed by atoms with Crippen LogP contribution >= 0.6 is 23.4 Å². The first kappa shape index (κ1) is 19.3. The van der Waals surface area contributed by atoms with Crippen LogP contribution in [0.15, 0.2) is 40.6 Å². The topological polar surface area (TPSA) is 111 Å². The molecule has 4 aromatic rings. The quantitative estimate of drug-likeness (QED) is 0.284. The molecule has 154 valence electrons. The highest BCUT2D eigenvalue weighted by Gasteiger charge is 2.26. The molecule has 3 N–H and O–H groups in total. The number of fused-ring (bicyclic) bond motifs is 2. The van der Waals surface area contributed by atoms with E-state index in [2.05, 4.69) is 14.9 Å². The smallest absolute Gasteiger partial charge is 0.243 e. The van der Waals surface area contributed by atoms with Crippen molar-refractivity contribution in [3.63, 3.8) is 0 Å². The summed E-state index contributed by atoms with van der Waals surface area (Å²) in [6.45, 7) is 3.60. The standard InChI is InChI=1S/C20H20ClN7OS/c1-2-13-17(21)16-18(24-13)25-20(26-19(16)27-7-5-11(22)10-27)30-12-8-15-14(23-9-12)4-3-6-28(15)29/h3-4,6,8-9,11H,2,5,7,10,22H2,1H3,(H,24,25,26). The number of aromatic nitrogens is 5. The van der Waals surface area contributed by atoms with Crippen molar-refractivity contribution in [2.75, 3.05) is 18.0 Å². The summed E-state index contributed by atoms with van der Waals surface area (Å²) < 4.78 is 0.811. The van der Waals surface area contributed by atoms with Crippen molar-refractivity contribution in [3.8, 4) is 0 Å². The Hall–Kier alpha value is -2.62. The lowest BCUT2D eigenvalue weighted by Crippen LogP contribution is -2.27. The minimum atomic E-state index is 0.117. The number of anilines is 1. The number of halogens is 1. The van der Waals surface area contributed by atoms with Gasteiger partial charge in [-0.05, 0) is 30.7 Å². The number of pyridine rings is 2. The highest BCUT2D eigenvalue weighted by Crippen LogP contribution is 2.37. The molecule has 1 aliphatic rings. The fourth-order valence-corrected chi connectivity index (χ4v) is 4.88. The maximum Gasteiger partial charge on any atom is 0.243 e. The minimum Gasteiger partial charge on any atom is -0.618 e. The monoisotopic (exact) mass is 441 g/mol. The van der Waals surface area contributed by atoms with Gasteiger partial charge in [-0.1, -0.05) is 18.5 Å². The fraction of sp³-hybridized carbons (Fsp3) is 0.300. The minimum absolute atomic E-state index is 0.117. The summed E-state index contributed by atoms with van der Waals surface area (Å²) in [6.07, 6.45) is 4.87. The molecule has 0 saturated carbocycles. The third-order valence-electron chi connectivity index (χ3n) is 5.30. The van der Waals surface area contributed by atoms with E-state index in [0.717, 1.165) is 52.5 Å². The molecule has 5 heterocycles. The molecule has 1 saturated heterocycles. The Morgan fingerprint density at radius 3 is 3.07 bits per heavy atom. The Labute approximate surface area is 182 Å². The average molecular weight is 442 g/mol. The van der Waals surface area contributed by atoms with E-state index in [-0.39, 0.29) is 6.04 Å². The van der Waals surface area contributed by atoms with Crippen LogP contribution in [0.1, 0.15) is 19.0 Å². The van der Waals surface area contributed by atoms with E-state index in [1.54, 1.807) is 18.3 Å². The highest BCUT2D eigenvalue weighted by atomic mass is 35.5. The third-order valence-corrected chi connectivity index (χ3v) is 6.54. The number of aromatic amines is 1. The van der Waals surface area contributed by atoms with Gasteiger partial charge in [0, 0.05) is 48.1 Å². The Morgan fingerprint density at radius 2 is 2.30 bits per heavy atom. The number of nitrogens with zero attached hydrogens (tertiary/aromatic N) is 5. The lowest BCUT2D eigenvalue weighted by Gasteiger charge is -2.18. The summed E-state index contributed by atoms with van der Waals surface area (Å²) in [4.78, 5) is 20.2. The van der Waals surface area contributed by atoms with Gasteiger partial charge in [0.15, 0.2) is 11.4 Å². The zero-order chi connectivity index (χ0) is 20.8. The molecule has 5 rings (SSSR count). The number of aryl methyl sites for hydroxylation is 1. The molecular formula is C20H20ClN7OS. The van der Waals surface area contributed by atoms with Gasteiger partial charge >= 0.3 is 0 Å². The van der Waals surface area contributed by atoms with Gasteiger partial charge in [-0.3, -0.25) is 0 Å². The van der Waals surface area contributed by atoms with Crippen molar-refractivity contribution in [3.05, 3.63) is 46.5 Å². The zero-order valence-electron chi connectivity index (χ0n) is 16.3. The lowest BCUT2D eigenvalue weighted by molar-refractivity contribution is -0.577. The number of nitrogens with two attached hydrogens (primary N) is 1. The maximum absolute atomic E-state index is 12.1. The predicted molar refractivity (Wildman–Crippen MR) is 118 cm³/mol. The summed E-state index contributed by atoms with van der Waals surface area (Å²) in [5.41, 5.74) is 8.92. The van der Waals surface area contributed by atoms with Crippen LogP contribution in [0.2, 0.25) is 5.02 Å². The Kier molecular flexibility index (Phi) is 4.88. The summed E-state index contributed by atoms with van der Waals surface area (Å²) in [5.74, 6) is 0.795. The van der Waals surface area contributed by atoms with Gasteiger partial charge in [0.2, 0.25) is 5.52 Å². The molecule has 0 amide bonds. The molecule has 0 aliphatic carbocycles. The van der Waals surface area contributed by atoms with Crippen LogP contribution in [0.25, 0.3) is 22.1 Å². The summed E-state index contributed by atoms with van der Waals surface area (Å²) in [6, 6.07) is 5.41. The van der Waals surface area contributed by atoms with Gasteiger partial charge in [-0.15, -0.1) is 0 Å². The van der Waals surface area contributed by atoms with Crippen molar-refractivity contribution in [2.24, 2.45) is 5.73 Å². The Bertz CT molecular complexity index is 1260. The van der Waals surface area contributed by atoms with Crippen molar-refractivity contribution < 1.29 is 4.73 Å². The second-order valence-electron chi connectivity index (χ2n) is 7.33. The van der Waals surface area contributed by atoms with Crippen LogP contribution in [0, 0.1) is 5.21 Å². The molecular weight excluding hydrogens is 422 g/mol. The molecule has 4 aromatic heterocycles. The molecule has 1 unspecified atom stereocenters. The molecule has 10 heteroatoms. The first-order valence-electron chi connectivity index (χ1n) is 9.78. The molecule has 0 aromatic carbocycles. The van der Waals surface area contributed by atoms with Crippen molar-refractivity contribution in [1.29, 1.82) is 0 Å². The largest absolute Gasteiger partial charge is 0.618 e. The molecule has 8 nitrogen and oxygen atoms in total. The van der Waals surface area contributed by atoms with Crippen LogP contribution in [-0.4, -0.2) is 39.1 Å². The molecule has 30 heavy (non-hydrogen) atoms. The van der Waals surface area contributed by atoms with E-state index in [0.29, 0.717) is 26.9 Å². The van der Waals surface area contributed by atoms with E-state index in [4.69, 9.17) is 27.3 Å². The normalized spacial score (nSPS) is 16.8. The molecule has 0 bridgehead atoms. The predicted octanol–water partition coefficient (Wildman–Crippen LogP) is 3.04. The van der Waals surface area contributed by atoms with Gasteiger partial charge in [0.1, 0.15) is 17.0 Å². The van der Waals surface area contributed by atoms with Gasteiger partial charge < -0.3 is 20.8 Å². The van der Waals surface area contributed by atoms with E-state index in [1.165, 1.54) is 18.0 Å². The van der Waals surface area contributed by atoms with Crippen molar-refractivity contribution >= 4 is 51.2 Å². The second kappa shape index (κ2) is 7.57. The molecule has 0 radical (unpaired) electrons. The Balaban J connectivity index is 1.60. The summed E-state index contributed by atoms with van der Waals surface area (Å²) in [7, 11) is 0. The highest BCUT2D eigenvalue weighted by molar-refractivity contribution is 7.99. The van der Waals surface area contributed by atoms with Crippen LogP contribution in [-0.2, 0) is 6.42 Å². The van der Waals surface area contributed by atoms with Crippen LogP contribution in [0.5, 0.6) is 0 Å². The lowest BCUT2D eigenvalue weighted by atomic mass is 10.3. The van der Waals surface area contributed by atoms with E-state index < -0.39 is 0 Å². The van der Waals surface area contributed by atoms with Gasteiger partial charge in [-0.25, -0.2) is 15.0 Å². The average Bonchev–Trinajstić information content (AvgIpc) is 3.31. The number of rotatable bonds is 4. The molecule has 1 aliphatic heterocycles. The fourth-order valence-electron chi connectivity index (χ4n) is 3.77. The third kappa shape index (κ3) is 3.32. The number of nitrogens with one attached hydrogen (secondary N) is 1. The molecule has 1 atom stereocenters. The van der Waals surface area contributed by atoms with E-state index in [9.17, 15) is 5.21 Å². The maximum atomic E-state index is 12.1. The molecule has 0 spiro atoms. The number of hydrogen-bond acceptors (Lipinski definition) is 7. The van der Waals surface area contributed by atoms with Gasteiger partial charge in [0.05, 0.1) is 10.4 Å². The second-order valence-corrected chi connectivity index (χ2v) is 8.75. The SMILES string of the molecule is CCc1[nH]c2nc(Sc3cnc4ccc[n+]([O-])c4c3)nc(N3CCC(N)C3)c2c1Cl. The van der Waals surface area contributed by atoms with Crippen molar-refractivity contribution in [1.82, 2.24) is 19.9 Å². The number of H-pyrrole nitrogens is 1. The van der Waals surface area contributed by atoms with Gasteiger partial charge in [-0.2, -0.15) is 4.73 Å². The van der Waals surface area contributed by atoms with Crippen LogP contribution in [0.3, 0.4) is 0 Å². The Morgan fingerprint density at radius 1 is 1.43 bits per heavy atom.